The van der Waals surface area contributed by atoms with Crippen molar-refractivity contribution < 1.29 is 4.79 Å². The Bertz CT molecular complexity index is 742. The SMILES string of the molecule is NC(=O)c1cncc(NC2CCN(Cc3cc(Cl)cc(Cl)c3)CC2)n1. The van der Waals surface area contributed by atoms with E-state index in [1.807, 2.05) is 12.1 Å². The first-order valence-corrected chi connectivity index (χ1v) is 8.81. The minimum atomic E-state index is -0.578. The number of aromatic nitrogens is 2. The summed E-state index contributed by atoms with van der Waals surface area (Å²) in [4.78, 5) is 21.7. The predicted octanol–water partition coefficient (Wildman–Crippen LogP) is 2.96. The molecule has 1 aliphatic heterocycles. The Morgan fingerprint density at radius 3 is 2.52 bits per heavy atom. The summed E-state index contributed by atoms with van der Waals surface area (Å²) in [5.41, 5.74) is 6.52. The number of halogens is 2. The molecule has 2 heterocycles. The molecular weight excluding hydrogens is 361 g/mol. The van der Waals surface area contributed by atoms with E-state index in [9.17, 15) is 4.79 Å². The number of amides is 1. The first kappa shape index (κ1) is 17.9. The molecule has 25 heavy (non-hydrogen) atoms. The molecule has 6 nitrogen and oxygen atoms in total. The fourth-order valence-electron chi connectivity index (χ4n) is 2.96. The van der Waals surface area contributed by atoms with Gasteiger partial charge in [0.25, 0.3) is 5.91 Å². The highest BCUT2D eigenvalue weighted by Gasteiger charge is 2.20. The Labute approximate surface area is 156 Å². The zero-order valence-electron chi connectivity index (χ0n) is 13.6. The second kappa shape index (κ2) is 7.99. The number of hydrogen-bond donors (Lipinski definition) is 2. The lowest BCUT2D eigenvalue weighted by molar-refractivity contribution is 0.0995. The van der Waals surface area contributed by atoms with Gasteiger partial charge in [-0.05, 0) is 36.6 Å². The number of piperidine rings is 1. The molecule has 0 spiro atoms. The Hall–Kier alpha value is -1.89. The second-order valence-corrected chi connectivity index (χ2v) is 7.00. The van der Waals surface area contributed by atoms with Crippen LogP contribution in [0.2, 0.25) is 10.0 Å². The minimum Gasteiger partial charge on any atom is -0.366 e. The number of benzene rings is 1. The van der Waals surface area contributed by atoms with Crippen molar-refractivity contribution in [1.29, 1.82) is 0 Å². The van der Waals surface area contributed by atoms with Crippen molar-refractivity contribution in [2.24, 2.45) is 5.73 Å². The van der Waals surface area contributed by atoms with Gasteiger partial charge in [0.15, 0.2) is 0 Å². The van der Waals surface area contributed by atoms with Crippen LogP contribution < -0.4 is 11.1 Å². The molecule has 132 valence electrons. The monoisotopic (exact) mass is 379 g/mol. The van der Waals surface area contributed by atoms with E-state index in [4.69, 9.17) is 28.9 Å². The van der Waals surface area contributed by atoms with E-state index in [0.717, 1.165) is 38.0 Å². The summed E-state index contributed by atoms with van der Waals surface area (Å²) in [6.45, 7) is 2.72. The fourth-order valence-corrected chi connectivity index (χ4v) is 3.53. The van der Waals surface area contributed by atoms with E-state index in [-0.39, 0.29) is 11.7 Å². The molecule has 1 amide bonds. The molecule has 1 fully saturated rings. The number of carbonyl (C=O) groups is 1. The fraction of sp³-hybridized carbons (Fsp3) is 0.353. The smallest absolute Gasteiger partial charge is 0.268 e. The maximum Gasteiger partial charge on any atom is 0.268 e. The van der Waals surface area contributed by atoms with Gasteiger partial charge in [-0.1, -0.05) is 23.2 Å². The molecule has 1 aliphatic rings. The highest BCUT2D eigenvalue weighted by atomic mass is 35.5. The number of nitrogens with zero attached hydrogens (tertiary/aromatic N) is 3. The van der Waals surface area contributed by atoms with E-state index in [1.54, 1.807) is 12.3 Å². The molecule has 0 saturated carbocycles. The molecule has 3 rings (SSSR count). The molecule has 2 aromatic rings. The van der Waals surface area contributed by atoms with Crippen LogP contribution in [-0.2, 0) is 6.54 Å². The molecule has 0 bridgehead atoms. The van der Waals surface area contributed by atoms with Gasteiger partial charge >= 0.3 is 0 Å². The van der Waals surface area contributed by atoms with Crippen molar-refractivity contribution in [3.8, 4) is 0 Å². The van der Waals surface area contributed by atoms with Gasteiger partial charge in [-0.15, -0.1) is 0 Å². The van der Waals surface area contributed by atoms with E-state index in [1.165, 1.54) is 6.20 Å². The van der Waals surface area contributed by atoms with Crippen molar-refractivity contribution in [3.05, 3.63) is 51.9 Å². The quantitative estimate of drug-likeness (QED) is 0.833. The number of anilines is 1. The Kier molecular flexibility index (Phi) is 5.73. The zero-order valence-corrected chi connectivity index (χ0v) is 15.1. The van der Waals surface area contributed by atoms with Gasteiger partial charge in [-0.2, -0.15) is 0 Å². The number of nitrogens with two attached hydrogens (primary N) is 1. The molecule has 3 N–H and O–H groups in total. The third kappa shape index (κ3) is 5.04. The summed E-state index contributed by atoms with van der Waals surface area (Å²) in [7, 11) is 0. The van der Waals surface area contributed by atoms with Crippen LogP contribution in [0, 0.1) is 0 Å². The van der Waals surface area contributed by atoms with Crippen molar-refractivity contribution in [2.75, 3.05) is 18.4 Å². The first-order valence-electron chi connectivity index (χ1n) is 8.05. The molecule has 8 heteroatoms. The largest absolute Gasteiger partial charge is 0.366 e. The minimum absolute atomic E-state index is 0.167. The molecule has 1 aromatic heterocycles. The average molecular weight is 380 g/mol. The number of primary amides is 1. The third-order valence-corrected chi connectivity index (χ3v) is 4.59. The average Bonchev–Trinajstić information content (AvgIpc) is 2.56. The Morgan fingerprint density at radius 1 is 1.20 bits per heavy atom. The summed E-state index contributed by atoms with van der Waals surface area (Å²) in [5, 5.41) is 4.65. The van der Waals surface area contributed by atoms with Crippen molar-refractivity contribution in [3.63, 3.8) is 0 Å². The second-order valence-electron chi connectivity index (χ2n) is 6.13. The summed E-state index contributed by atoms with van der Waals surface area (Å²) < 4.78 is 0. The maximum atomic E-state index is 11.2. The van der Waals surface area contributed by atoms with Crippen molar-refractivity contribution in [1.82, 2.24) is 14.9 Å². The Balaban J connectivity index is 1.53. The van der Waals surface area contributed by atoms with E-state index in [2.05, 4.69) is 20.2 Å². The lowest BCUT2D eigenvalue weighted by Gasteiger charge is -2.32. The molecule has 0 aliphatic carbocycles. The van der Waals surface area contributed by atoms with Crippen LogP contribution in [0.5, 0.6) is 0 Å². The van der Waals surface area contributed by atoms with Crippen molar-refractivity contribution in [2.45, 2.75) is 25.4 Å². The zero-order chi connectivity index (χ0) is 17.8. The first-order chi connectivity index (χ1) is 12.0. The molecular formula is C17H19Cl2N5O. The van der Waals surface area contributed by atoms with Gasteiger partial charge in [-0.25, -0.2) is 4.98 Å². The number of hydrogen-bond acceptors (Lipinski definition) is 5. The summed E-state index contributed by atoms with van der Waals surface area (Å²) in [6.07, 6.45) is 4.91. The highest BCUT2D eigenvalue weighted by Crippen LogP contribution is 2.22. The van der Waals surface area contributed by atoms with Gasteiger partial charge in [0.2, 0.25) is 0 Å². The van der Waals surface area contributed by atoms with Gasteiger partial charge in [0, 0.05) is 35.7 Å². The highest BCUT2D eigenvalue weighted by molar-refractivity contribution is 6.34. The molecule has 0 unspecified atom stereocenters. The van der Waals surface area contributed by atoms with E-state index in [0.29, 0.717) is 15.9 Å². The van der Waals surface area contributed by atoms with Crippen LogP contribution in [0.4, 0.5) is 5.82 Å². The number of rotatable bonds is 5. The topological polar surface area (TPSA) is 84.1 Å². The maximum absolute atomic E-state index is 11.2. The van der Waals surface area contributed by atoms with Crippen LogP contribution in [0.3, 0.4) is 0 Å². The molecule has 0 radical (unpaired) electrons. The van der Waals surface area contributed by atoms with Gasteiger partial charge < -0.3 is 11.1 Å². The number of likely N-dealkylation sites (tertiary alicyclic amines) is 1. The lowest BCUT2D eigenvalue weighted by atomic mass is 10.0. The third-order valence-electron chi connectivity index (χ3n) is 4.16. The van der Waals surface area contributed by atoms with E-state index >= 15 is 0 Å². The van der Waals surface area contributed by atoms with Gasteiger partial charge in [0.05, 0.1) is 12.4 Å². The van der Waals surface area contributed by atoms with Crippen LogP contribution in [0.25, 0.3) is 0 Å². The summed E-state index contributed by atoms with van der Waals surface area (Å²) in [5.74, 6) is 0.00234. The van der Waals surface area contributed by atoms with Crippen LogP contribution in [0.15, 0.2) is 30.6 Å². The summed E-state index contributed by atoms with van der Waals surface area (Å²) >= 11 is 12.1. The van der Waals surface area contributed by atoms with E-state index < -0.39 is 5.91 Å². The lowest BCUT2D eigenvalue weighted by Crippen LogP contribution is -2.38. The van der Waals surface area contributed by atoms with Crippen LogP contribution in [-0.4, -0.2) is 39.9 Å². The Morgan fingerprint density at radius 2 is 1.88 bits per heavy atom. The van der Waals surface area contributed by atoms with Crippen LogP contribution in [0.1, 0.15) is 28.9 Å². The predicted molar refractivity (Wildman–Crippen MR) is 98.9 cm³/mol. The van der Waals surface area contributed by atoms with Crippen molar-refractivity contribution >= 4 is 34.9 Å². The normalized spacial score (nSPS) is 15.9. The van der Waals surface area contributed by atoms with Gasteiger partial charge in [0.1, 0.15) is 11.5 Å². The number of nitrogens with one attached hydrogen (secondary N) is 1. The standard InChI is InChI=1S/C17H19Cl2N5O/c18-12-5-11(6-13(19)7-12)10-24-3-1-14(2-4-24)22-16-9-21-8-15(23-16)17(20)25/h5-9,14H,1-4,10H2,(H2,20,25)(H,22,23). The summed E-state index contributed by atoms with van der Waals surface area (Å²) in [6, 6.07) is 5.92. The van der Waals surface area contributed by atoms with Crippen LogP contribution >= 0.6 is 23.2 Å². The van der Waals surface area contributed by atoms with Gasteiger partial charge in [-0.3, -0.25) is 14.7 Å². The molecule has 1 aromatic carbocycles. The molecule has 1 saturated heterocycles. The molecule has 0 atom stereocenters. The number of carbonyl (C=O) groups excluding carboxylic acids is 1.